The van der Waals surface area contributed by atoms with Crippen LogP contribution in [0, 0.1) is 6.92 Å². The lowest BCUT2D eigenvalue weighted by molar-refractivity contribution is 1.03. The lowest BCUT2D eigenvalue weighted by Crippen LogP contribution is -1.90. The number of rotatable bonds is 2. The van der Waals surface area contributed by atoms with Crippen molar-refractivity contribution in [3.05, 3.63) is 34.9 Å². The highest BCUT2D eigenvalue weighted by molar-refractivity contribution is 5.31. The molecule has 0 nitrogen and oxygen atoms in total. The number of hydrogen-bond donors (Lipinski definition) is 0. The van der Waals surface area contributed by atoms with Crippen molar-refractivity contribution in [1.29, 1.82) is 0 Å². The fourth-order valence-corrected chi connectivity index (χ4v) is 1.43. The molecule has 0 saturated carbocycles. The normalized spacial score (nSPS) is 9.21. The molecule has 0 aliphatic heterocycles. The second kappa shape index (κ2) is 7.61. The minimum absolute atomic E-state index is 1.16. The zero-order chi connectivity index (χ0) is 11.0. The summed E-state index contributed by atoms with van der Waals surface area (Å²) in [5.41, 5.74) is 4.38. The lowest BCUT2D eigenvalue weighted by atomic mass is 10.0. The molecule has 0 radical (unpaired) electrons. The highest BCUT2D eigenvalue weighted by Gasteiger charge is 1.96. The Morgan fingerprint density at radius 1 is 0.857 bits per heavy atom. The van der Waals surface area contributed by atoms with Gasteiger partial charge in [0.1, 0.15) is 0 Å². The van der Waals surface area contributed by atoms with Crippen LogP contribution in [0.5, 0.6) is 0 Å². The maximum atomic E-state index is 2.29. The molecule has 0 atom stereocenters. The quantitative estimate of drug-likeness (QED) is 0.645. The van der Waals surface area contributed by atoms with Gasteiger partial charge in [-0.1, -0.05) is 57.9 Å². The smallest absolute Gasteiger partial charge is 0.0305 e. The number of hydrogen-bond acceptors (Lipinski definition) is 0. The molecular formula is C14H24. The van der Waals surface area contributed by atoms with Gasteiger partial charge in [-0.05, 0) is 30.9 Å². The van der Waals surface area contributed by atoms with E-state index in [1.807, 2.05) is 0 Å². The highest BCUT2D eigenvalue weighted by atomic mass is 14.0. The summed E-state index contributed by atoms with van der Waals surface area (Å²) in [6.07, 6.45) is 3.56. The van der Waals surface area contributed by atoms with E-state index in [4.69, 9.17) is 0 Å². The molecule has 0 fully saturated rings. The monoisotopic (exact) mass is 192 g/mol. The Morgan fingerprint density at radius 3 is 1.79 bits per heavy atom. The van der Waals surface area contributed by atoms with Gasteiger partial charge in [0.15, 0.2) is 0 Å². The molecule has 80 valence electrons. The van der Waals surface area contributed by atoms with E-state index >= 15 is 0 Å². The summed E-state index contributed by atoms with van der Waals surface area (Å²) in [5.74, 6) is 0. The first kappa shape index (κ1) is 13.2. The molecule has 0 amide bonds. The van der Waals surface area contributed by atoms with Crippen molar-refractivity contribution in [2.45, 2.75) is 53.9 Å². The van der Waals surface area contributed by atoms with Gasteiger partial charge >= 0.3 is 0 Å². The van der Waals surface area contributed by atoms with Gasteiger partial charge in [0.25, 0.3) is 0 Å². The van der Waals surface area contributed by atoms with Crippen molar-refractivity contribution < 1.29 is 0 Å². The molecule has 1 aromatic rings. The summed E-state index contributed by atoms with van der Waals surface area (Å²) >= 11 is 0. The summed E-state index contributed by atoms with van der Waals surface area (Å²) in [6.45, 7) is 10.8. The van der Waals surface area contributed by atoms with Crippen LogP contribution in [0.15, 0.2) is 18.2 Å². The first-order valence-electron chi connectivity index (χ1n) is 5.77. The molecule has 0 spiro atoms. The predicted molar refractivity (Wildman–Crippen MR) is 65.9 cm³/mol. The lowest BCUT2D eigenvalue weighted by Gasteiger charge is -2.05. The molecule has 0 aromatic heterocycles. The molecule has 1 rings (SSSR count). The van der Waals surface area contributed by atoms with Gasteiger partial charge in [0.2, 0.25) is 0 Å². The van der Waals surface area contributed by atoms with E-state index in [9.17, 15) is 0 Å². The third-order valence-electron chi connectivity index (χ3n) is 2.12. The van der Waals surface area contributed by atoms with Crippen LogP contribution >= 0.6 is 0 Å². The Bertz CT molecular complexity index is 248. The minimum Gasteiger partial charge on any atom is -0.0656 e. The summed E-state index contributed by atoms with van der Waals surface area (Å²) in [6, 6.07) is 6.73. The van der Waals surface area contributed by atoms with Crippen molar-refractivity contribution >= 4 is 0 Å². The van der Waals surface area contributed by atoms with Crippen molar-refractivity contribution in [2.75, 3.05) is 0 Å². The standard InChI is InChI=1S/C11H16.C3H8/c1-4-10-7-6-9(3)8-11(10)5-2;1-3-2/h6-8H,4-5H2,1-3H3;3H2,1-2H3. The van der Waals surface area contributed by atoms with Crippen LogP contribution in [0.4, 0.5) is 0 Å². The molecule has 0 aliphatic carbocycles. The van der Waals surface area contributed by atoms with E-state index in [1.165, 1.54) is 23.1 Å². The van der Waals surface area contributed by atoms with Gasteiger partial charge < -0.3 is 0 Å². The first-order chi connectivity index (χ1) is 6.69. The molecule has 0 heterocycles. The van der Waals surface area contributed by atoms with Crippen molar-refractivity contribution in [2.24, 2.45) is 0 Å². The molecule has 0 saturated heterocycles. The zero-order valence-electron chi connectivity index (χ0n) is 10.4. The average molecular weight is 192 g/mol. The molecule has 0 unspecified atom stereocenters. The van der Waals surface area contributed by atoms with Gasteiger partial charge in [-0.2, -0.15) is 0 Å². The Balaban J connectivity index is 0.000000500. The Kier molecular flexibility index (Phi) is 7.18. The maximum absolute atomic E-state index is 2.29. The van der Waals surface area contributed by atoms with Gasteiger partial charge in [-0.15, -0.1) is 0 Å². The van der Waals surface area contributed by atoms with Crippen LogP contribution in [-0.4, -0.2) is 0 Å². The van der Waals surface area contributed by atoms with E-state index in [1.54, 1.807) is 0 Å². The van der Waals surface area contributed by atoms with E-state index < -0.39 is 0 Å². The van der Waals surface area contributed by atoms with E-state index in [0.717, 1.165) is 12.8 Å². The van der Waals surface area contributed by atoms with E-state index in [2.05, 4.69) is 52.8 Å². The SMILES string of the molecule is CCC.CCc1ccc(C)cc1CC. The summed E-state index contributed by atoms with van der Waals surface area (Å²) in [5, 5.41) is 0. The van der Waals surface area contributed by atoms with Crippen molar-refractivity contribution in [3.8, 4) is 0 Å². The maximum Gasteiger partial charge on any atom is -0.0305 e. The van der Waals surface area contributed by atoms with Gasteiger partial charge in [0, 0.05) is 0 Å². The Morgan fingerprint density at radius 2 is 1.36 bits per heavy atom. The second-order valence-electron chi connectivity index (χ2n) is 3.69. The van der Waals surface area contributed by atoms with Gasteiger partial charge in [-0.3, -0.25) is 0 Å². The second-order valence-corrected chi connectivity index (χ2v) is 3.69. The molecule has 0 heteroatoms. The van der Waals surface area contributed by atoms with E-state index in [0.29, 0.717) is 0 Å². The Labute approximate surface area is 89.4 Å². The minimum atomic E-state index is 1.16. The first-order valence-corrected chi connectivity index (χ1v) is 5.77. The number of aryl methyl sites for hydroxylation is 3. The van der Waals surface area contributed by atoms with Crippen LogP contribution in [0.1, 0.15) is 50.8 Å². The molecule has 14 heavy (non-hydrogen) atoms. The molecular weight excluding hydrogens is 168 g/mol. The molecule has 0 bridgehead atoms. The fraction of sp³-hybridized carbons (Fsp3) is 0.571. The van der Waals surface area contributed by atoms with Crippen LogP contribution in [0.3, 0.4) is 0 Å². The van der Waals surface area contributed by atoms with Gasteiger partial charge in [0.05, 0.1) is 0 Å². The van der Waals surface area contributed by atoms with E-state index in [-0.39, 0.29) is 0 Å². The third kappa shape index (κ3) is 4.45. The van der Waals surface area contributed by atoms with Crippen LogP contribution in [0.2, 0.25) is 0 Å². The van der Waals surface area contributed by atoms with Crippen molar-refractivity contribution in [1.82, 2.24) is 0 Å². The largest absolute Gasteiger partial charge is 0.0656 e. The fourth-order valence-electron chi connectivity index (χ4n) is 1.43. The molecule has 1 aromatic carbocycles. The van der Waals surface area contributed by atoms with Crippen LogP contribution in [-0.2, 0) is 12.8 Å². The summed E-state index contributed by atoms with van der Waals surface area (Å²) in [4.78, 5) is 0. The number of benzene rings is 1. The van der Waals surface area contributed by atoms with Crippen molar-refractivity contribution in [3.63, 3.8) is 0 Å². The predicted octanol–water partition coefficient (Wildman–Crippen LogP) is 4.54. The molecule has 0 N–H and O–H groups in total. The summed E-state index contributed by atoms with van der Waals surface area (Å²) in [7, 11) is 0. The average Bonchev–Trinajstić information content (AvgIpc) is 2.19. The highest BCUT2D eigenvalue weighted by Crippen LogP contribution is 2.12. The van der Waals surface area contributed by atoms with Gasteiger partial charge in [-0.25, -0.2) is 0 Å². The van der Waals surface area contributed by atoms with Crippen LogP contribution < -0.4 is 0 Å². The summed E-state index contributed by atoms with van der Waals surface area (Å²) < 4.78 is 0. The zero-order valence-corrected chi connectivity index (χ0v) is 10.4. The van der Waals surface area contributed by atoms with Crippen LogP contribution in [0.25, 0.3) is 0 Å². The third-order valence-corrected chi connectivity index (χ3v) is 2.12. The Hall–Kier alpha value is -0.780. The topological polar surface area (TPSA) is 0 Å². The molecule has 0 aliphatic rings.